The Labute approximate surface area is 184 Å². The van der Waals surface area contributed by atoms with E-state index in [0.717, 1.165) is 68.5 Å². The van der Waals surface area contributed by atoms with Gasteiger partial charge in [-0.3, -0.25) is 14.5 Å². The molecule has 0 aromatic heterocycles. The summed E-state index contributed by atoms with van der Waals surface area (Å²) in [7, 11) is 0. The smallest absolute Gasteiger partial charge is 0.237 e. The molecule has 4 bridgehead atoms. The van der Waals surface area contributed by atoms with Crippen molar-refractivity contribution in [2.75, 3.05) is 19.6 Å². The Morgan fingerprint density at radius 3 is 2.06 bits per heavy atom. The highest BCUT2D eigenvalue weighted by molar-refractivity contribution is 5.79. The molecule has 0 spiro atoms. The first-order chi connectivity index (χ1) is 14.9. The average Bonchev–Trinajstić information content (AvgIpc) is 2.72. The first-order valence-corrected chi connectivity index (χ1v) is 12.0. The van der Waals surface area contributed by atoms with Gasteiger partial charge in [0.15, 0.2) is 0 Å². The lowest BCUT2D eigenvalue weighted by atomic mass is 9.52. The Morgan fingerprint density at radius 2 is 1.55 bits per heavy atom. The summed E-state index contributed by atoms with van der Waals surface area (Å²) in [6, 6.07) is 6.61. The minimum Gasteiger partial charge on any atom is -0.369 e. The molecule has 2 N–H and O–H groups in total. The topological polar surface area (TPSA) is 66.6 Å². The number of carbonyl (C=O) groups is 2. The van der Waals surface area contributed by atoms with Crippen molar-refractivity contribution >= 4 is 11.8 Å². The Kier molecular flexibility index (Phi) is 5.53. The summed E-state index contributed by atoms with van der Waals surface area (Å²) in [5, 5.41) is 0. The minimum absolute atomic E-state index is 0.0359. The van der Waals surface area contributed by atoms with Gasteiger partial charge in [0.2, 0.25) is 11.8 Å². The quantitative estimate of drug-likeness (QED) is 0.757. The molecule has 5 fully saturated rings. The number of nitrogens with two attached hydrogens (primary N) is 1. The number of carbonyl (C=O) groups excluding carboxylic acids is 2. The highest BCUT2D eigenvalue weighted by Crippen LogP contribution is 2.58. The maximum Gasteiger partial charge on any atom is 0.237 e. The molecule has 1 heterocycles. The number of hydrogen-bond donors (Lipinski definition) is 1. The van der Waals surface area contributed by atoms with Gasteiger partial charge in [0.1, 0.15) is 5.82 Å². The van der Waals surface area contributed by atoms with E-state index in [4.69, 9.17) is 5.73 Å². The molecule has 1 aliphatic heterocycles. The molecule has 0 unspecified atom stereocenters. The van der Waals surface area contributed by atoms with Gasteiger partial charge in [-0.15, -0.1) is 0 Å². The zero-order valence-electron chi connectivity index (χ0n) is 18.3. The van der Waals surface area contributed by atoms with Crippen LogP contribution in [0.4, 0.5) is 4.39 Å². The molecule has 5 nitrogen and oxygen atoms in total. The number of rotatable bonds is 6. The fourth-order valence-electron chi connectivity index (χ4n) is 7.34. The summed E-state index contributed by atoms with van der Waals surface area (Å²) in [5.74, 6) is 1.91. The van der Waals surface area contributed by atoms with E-state index in [9.17, 15) is 14.0 Å². The first kappa shape index (κ1) is 20.9. The molecule has 1 aromatic carbocycles. The SMILES string of the molecule is NC(=O)C1CCN(CC(=O)N(Cc2ccc(F)cc2)C23CC4CC(CC(C4)C2)C3)CC1. The third kappa shape index (κ3) is 4.23. The van der Waals surface area contributed by atoms with E-state index in [-0.39, 0.29) is 29.1 Å². The second-order valence-electron chi connectivity index (χ2n) is 10.7. The van der Waals surface area contributed by atoms with Crippen molar-refractivity contribution in [3.8, 4) is 0 Å². The third-order valence-corrected chi connectivity index (χ3v) is 8.48. The fraction of sp³-hybridized carbons (Fsp3) is 0.680. The van der Waals surface area contributed by atoms with Crippen LogP contribution in [0.1, 0.15) is 56.9 Å². The van der Waals surface area contributed by atoms with Crippen LogP contribution in [-0.4, -0.2) is 46.8 Å². The lowest BCUT2D eigenvalue weighted by Crippen LogP contribution is -2.62. The normalized spacial score (nSPS) is 32.9. The number of hydrogen-bond acceptors (Lipinski definition) is 3. The van der Waals surface area contributed by atoms with E-state index in [0.29, 0.717) is 13.1 Å². The van der Waals surface area contributed by atoms with Gasteiger partial charge in [-0.1, -0.05) is 12.1 Å². The summed E-state index contributed by atoms with van der Waals surface area (Å²) < 4.78 is 13.5. The molecule has 0 radical (unpaired) electrons. The molecular formula is C25H34FN3O2. The number of nitrogens with zero attached hydrogens (tertiary/aromatic N) is 2. The van der Waals surface area contributed by atoms with Crippen LogP contribution in [0.2, 0.25) is 0 Å². The molecule has 6 heteroatoms. The minimum atomic E-state index is -0.242. The molecule has 4 aliphatic carbocycles. The molecular weight excluding hydrogens is 393 g/mol. The van der Waals surface area contributed by atoms with Crippen LogP contribution in [0.5, 0.6) is 0 Å². The van der Waals surface area contributed by atoms with Crippen molar-refractivity contribution in [3.63, 3.8) is 0 Å². The predicted octanol–water partition coefficient (Wildman–Crippen LogP) is 3.32. The van der Waals surface area contributed by atoms with Crippen LogP contribution < -0.4 is 5.73 Å². The third-order valence-electron chi connectivity index (χ3n) is 8.48. The molecule has 4 saturated carbocycles. The van der Waals surface area contributed by atoms with Crippen molar-refractivity contribution in [3.05, 3.63) is 35.6 Å². The van der Waals surface area contributed by atoms with Gasteiger partial charge in [0.05, 0.1) is 6.54 Å². The van der Waals surface area contributed by atoms with Gasteiger partial charge in [0, 0.05) is 18.0 Å². The number of primary amides is 1. The predicted molar refractivity (Wildman–Crippen MR) is 116 cm³/mol. The van der Waals surface area contributed by atoms with E-state index in [1.807, 2.05) is 12.1 Å². The molecule has 1 saturated heterocycles. The Morgan fingerprint density at radius 1 is 1.00 bits per heavy atom. The van der Waals surface area contributed by atoms with Gasteiger partial charge in [-0.25, -0.2) is 4.39 Å². The van der Waals surface area contributed by atoms with Crippen LogP contribution in [0.3, 0.4) is 0 Å². The maximum absolute atomic E-state index is 13.7. The lowest BCUT2D eigenvalue weighted by molar-refractivity contribution is -0.153. The number of likely N-dealkylation sites (tertiary alicyclic amines) is 1. The van der Waals surface area contributed by atoms with Crippen molar-refractivity contribution < 1.29 is 14.0 Å². The summed E-state index contributed by atoms with van der Waals surface area (Å²) in [4.78, 5) is 29.6. The van der Waals surface area contributed by atoms with E-state index < -0.39 is 0 Å². The molecule has 6 rings (SSSR count). The van der Waals surface area contributed by atoms with Crippen molar-refractivity contribution in [2.24, 2.45) is 29.4 Å². The summed E-state index contributed by atoms with van der Waals surface area (Å²) in [6.45, 7) is 2.44. The summed E-state index contributed by atoms with van der Waals surface area (Å²) in [6.07, 6.45) is 8.83. The molecule has 1 aromatic rings. The first-order valence-electron chi connectivity index (χ1n) is 12.0. The largest absolute Gasteiger partial charge is 0.369 e. The van der Waals surface area contributed by atoms with E-state index in [1.54, 1.807) is 0 Å². The lowest BCUT2D eigenvalue weighted by Gasteiger charge is -2.60. The van der Waals surface area contributed by atoms with Gasteiger partial charge >= 0.3 is 0 Å². The molecule has 5 aliphatic rings. The number of halogens is 1. The molecule has 168 valence electrons. The number of benzene rings is 1. The zero-order valence-corrected chi connectivity index (χ0v) is 18.3. The van der Waals surface area contributed by atoms with Crippen molar-refractivity contribution in [1.82, 2.24) is 9.80 Å². The highest BCUT2D eigenvalue weighted by Gasteiger charge is 2.54. The molecule has 31 heavy (non-hydrogen) atoms. The van der Waals surface area contributed by atoms with E-state index in [2.05, 4.69) is 9.80 Å². The molecule has 0 atom stereocenters. The Bertz CT molecular complexity index is 796. The Balaban J connectivity index is 1.35. The van der Waals surface area contributed by atoms with Crippen LogP contribution >= 0.6 is 0 Å². The van der Waals surface area contributed by atoms with Crippen LogP contribution in [0.25, 0.3) is 0 Å². The standard InChI is InChI=1S/C25H34FN3O2/c26-22-3-1-17(2-4-22)15-29(23(30)16-28-7-5-21(6-8-28)24(27)31)25-12-18-9-19(13-25)11-20(10-18)14-25/h1-4,18-21H,5-16H2,(H2,27,31). The van der Waals surface area contributed by atoms with Crippen molar-refractivity contribution in [2.45, 2.75) is 63.5 Å². The number of amides is 2. The van der Waals surface area contributed by atoms with Crippen LogP contribution in [-0.2, 0) is 16.1 Å². The van der Waals surface area contributed by atoms with Crippen LogP contribution in [0, 0.1) is 29.5 Å². The Hall–Kier alpha value is -1.95. The van der Waals surface area contributed by atoms with Crippen LogP contribution in [0.15, 0.2) is 24.3 Å². The van der Waals surface area contributed by atoms with E-state index >= 15 is 0 Å². The zero-order chi connectivity index (χ0) is 21.6. The van der Waals surface area contributed by atoms with Gasteiger partial charge in [-0.05, 0) is 99.9 Å². The highest BCUT2D eigenvalue weighted by atomic mass is 19.1. The van der Waals surface area contributed by atoms with Gasteiger partial charge in [0.25, 0.3) is 0 Å². The van der Waals surface area contributed by atoms with Gasteiger partial charge < -0.3 is 10.6 Å². The van der Waals surface area contributed by atoms with E-state index in [1.165, 1.54) is 31.4 Å². The second-order valence-corrected chi connectivity index (χ2v) is 10.7. The number of piperidine rings is 1. The second kappa shape index (κ2) is 8.19. The van der Waals surface area contributed by atoms with Gasteiger partial charge in [-0.2, -0.15) is 0 Å². The maximum atomic E-state index is 13.7. The average molecular weight is 428 g/mol. The van der Waals surface area contributed by atoms with Crippen molar-refractivity contribution in [1.29, 1.82) is 0 Å². The monoisotopic (exact) mass is 427 g/mol. The fourth-order valence-corrected chi connectivity index (χ4v) is 7.34. The summed E-state index contributed by atoms with van der Waals surface area (Å²) in [5.41, 5.74) is 6.43. The summed E-state index contributed by atoms with van der Waals surface area (Å²) >= 11 is 0. The molecule has 2 amide bonds.